The van der Waals surface area contributed by atoms with E-state index in [2.05, 4.69) is 0 Å². The Labute approximate surface area is 94.1 Å². The summed E-state index contributed by atoms with van der Waals surface area (Å²) in [5.41, 5.74) is 1.05. The molecule has 0 unspecified atom stereocenters. The van der Waals surface area contributed by atoms with Gasteiger partial charge in [-0.05, 0) is 31.2 Å². The molecule has 0 radical (unpaired) electrons. The largest absolute Gasteiger partial charge is 0.381 e. The average molecular weight is 234 g/mol. The van der Waals surface area contributed by atoms with Crippen LogP contribution in [-0.2, 0) is 6.42 Å². The zero-order valence-electron chi connectivity index (χ0n) is 8.00. The van der Waals surface area contributed by atoms with Crippen LogP contribution >= 0.6 is 23.2 Å². The number of aliphatic hydroxyl groups is 1. The molecule has 0 bridgehead atoms. The summed E-state index contributed by atoms with van der Waals surface area (Å²) in [4.78, 5) is 1.81. The van der Waals surface area contributed by atoms with Crippen molar-refractivity contribution in [1.29, 1.82) is 0 Å². The SMILES string of the molecule is CN(CO)CCc1ccc(Cl)cc1Cl. The Hall–Kier alpha value is -0.280. The van der Waals surface area contributed by atoms with Gasteiger partial charge in [-0.15, -0.1) is 0 Å². The minimum atomic E-state index is 0.0607. The molecule has 14 heavy (non-hydrogen) atoms. The molecule has 0 spiro atoms. The topological polar surface area (TPSA) is 23.5 Å². The van der Waals surface area contributed by atoms with Crippen LogP contribution in [0.5, 0.6) is 0 Å². The lowest BCUT2D eigenvalue weighted by molar-refractivity contribution is 0.134. The summed E-state index contributed by atoms with van der Waals surface area (Å²) in [7, 11) is 1.85. The van der Waals surface area contributed by atoms with Crippen LogP contribution in [0.1, 0.15) is 5.56 Å². The highest BCUT2D eigenvalue weighted by atomic mass is 35.5. The van der Waals surface area contributed by atoms with Crippen LogP contribution in [0.4, 0.5) is 0 Å². The maximum atomic E-state index is 8.80. The fourth-order valence-corrected chi connectivity index (χ4v) is 1.61. The first kappa shape index (κ1) is 11.8. The molecule has 4 heteroatoms. The summed E-state index contributed by atoms with van der Waals surface area (Å²) >= 11 is 11.8. The van der Waals surface area contributed by atoms with E-state index in [1.165, 1.54) is 0 Å². The number of hydrogen-bond acceptors (Lipinski definition) is 2. The van der Waals surface area contributed by atoms with Gasteiger partial charge in [-0.1, -0.05) is 29.3 Å². The number of likely N-dealkylation sites (N-methyl/N-ethyl adjacent to an activating group) is 1. The minimum absolute atomic E-state index is 0.0607. The average Bonchev–Trinajstić information content (AvgIpc) is 2.16. The van der Waals surface area contributed by atoms with E-state index in [-0.39, 0.29) is 6.73 Å². The van der Waals surface area contributed by atoms with Crippen LogP contribution in [0, 0.1) is 0 Å². The predicted octanol–water partition coefficient (Wildman–Crippen LogP) is 2.42. The Kier molecular flexibility index (Phi) is 4.69. The van der Waals surface area contributed by atoms with Gasteiger partial charge in [-0.3, -0.25) is 4.90 Å². The van der Waals surface area contributed by atoms with Gasteiger partial charge in [0.15, 0.2) is 0 Å². The Morgan fingerprint density at radius 3 is 2.64 bits per heavy atom. The Morgan fingerprint density at radius 2 is 2.07 bits per heavy atom. The molecule has 1 aromatic carbocycles. The smallest absolute Gasteiger partial charge is 0.0954 e. The Balaban J connectivity index is 2.59. The van der Waals surface area contributed by atoms with Gasteiger partial charge in [0, 0.05) is 16.6 Å². The minimum Gasteiger partial charge on any atom is -0.381 e. The Bertz CT molecular complexity index is 304. The molecule has 78 valence electrons. The van der Waals surface area contributed by atoms with Crippen molar-refractivity contribution < 1.29 is 5.11 Å². The summed E-state index contributed by atoms with van der Waals surface area (Å²) in [5, 5.41) is 10.1. The molecule has 0 saturated heterocycles. The first-order valence-electron chi connectivity index (χ1n) is 4.37. The number of halogens is 2. The van der Waals surface area contributed by atoms with Crippen molar-refractivity contribution in [3.8, 4) is 0 Å². The van der Waals surface area contributed by atoms with Crippen molar-refractivity contribution in [1.82, 2.24) is 4.90 Å². The van der Waals surface area contributed by atoms with Gasteiger partial charge in [0.25, 0.3) is 0 Å². The Morgan fingerprint density at radius 1 is 1.36 bits per heavy atom. The summed E-state index contributed by atoms with van der Waals surface area (Å²) in [6.45, 7) is 0.836. The van der Waals surface area contributed by atoms with Crippen molar-refractivity contribution in [2.24, 2.45) is 0 Å². The highest BCUT2D eigenvalue weighted by Crippen LogP contribution is 2.21. The van der Waals surface area contributed by atoms with Crippen molar-refractivity contribution in [2.45, 2.75) is 6.42 Å². The van der Waals surface area contributed by atoms with E-state index < -0.39 is 0 Å². The lowest BCUT2D eigenvalue weighted by Gasteiger charge is -2.13. The number of hydrogen-bond donors (Lipinski definition) is 1. The van der Waals surface area contributed by atoms with Crippen molar-refractivity contribution >= 4 is 23.2 Å². The van der Waals surface area contributed by atoms with Gasteiger partial charge in [0.05, 0.1) is 6.73 Å². The van der Waals surface area contributed by atoms with Gasteiger partial charge in [-0.25, -0.2) is 0 Å². The van der Waals surface area contributed by atoms with Crippen LogP contribution in [-0.4, -0.2) is 30.3 Å². The highest BCUT2D eigenvalue weighted by Gasteiger charge is 2.02. The van der Waals surface area contributed by atoms with E-state index in [9.17, 15) is 0 Å². The molecular formula is C10H13Cl2NO. The molecule has 2 nitrogen and oxygen atoms in total. The van der Waals surface area contributed by atoms with Gasteiger partial charge in [0.1, 0.15) is 0 Å². The predicted molar refractivity (Wildman–Crippen MR) is 59.9 cm³/mol. The lowest BCUT2D eigenvalue weighted by atomic mass is 10.1. The van der Waals surface area contributed by atoms with Crippen LogP contribution in [0.2, 0.25) is 10.0 Å². The normalized spacial score (nSPS) is 10.9. The number of aliphatic hydroxyl groups excluding tert-OH is 1. The highest BCUT2D eigenvalue weighted by molar-refractivity contribution is 6.35. The number of nitrogens with zero attached hydrogens (tertiary/aromatic N) is 1. The van der Waals surface area contributed by atoms with Gasteiger partial charge in [-0.2, -0.15) is 0 Å². The molecule has 0 amide bonds. The molecule has 1 aromatic rings. The number of rotatable bonds is 4. The lowest BCUT2D eigenvalue weighted by Crippen LogP contribution is -2.21. The zero-order chi connectivity index (χ0) is 10.6. The third-order valence-electron chi connectivity index (χ3n) is 2.02. The fourth-order valence-electron chi connectivity index (χ4n) is 1.11. The summed E-state index contributed by atoms with van der Waals surface area (Å²) in [6, 6.07) is 5.47. The van der Waals surface area contributed by atoms with E-state index in [4.69, 9.17) is 28.3 Å². The molecule has 0 heterocycles. The van der Waals surface area contributed by atoms with Crippen LogP contribution in [0.15, 0.2) is 18.2 Å². The van der Waals surface area contributed by atoms with E-state index in [0.29, 0.717) is 10.0 Å². The first-order chi connectivity index (χ1) is 6.63. The monoisotopic (exact) mass is 233 g/mol. The second-order valence-corrected chi connectivity index (χ2v) is 4.05. The first-order valence-corrected chi connectivity index (χ1v) is 5.12. The summed E-state index contributed by atoms with van der Waals surface area (Å²) in [6.07, 6.45) is 0.813. The third kappa shape index (κ3) is 3.46. The quantitative estimate of drug-likeness (QED) is 0.808. The van der Waals surface area contributed by atoms with Crippen molar-refractivity contribution in [2.75, 3.05) is 20.3 Å². The van der Waals surface area contributed by atoms with Crippen LogP contribution in [0.3, 0.4) is 0 Å². The van der Waals surface area contributed by atoms with Crippen LogP contribution < -0.4 is 0 Å². The van der Waals surface area contributed by atoms with E-state index in [1.54, 1.807) is 6.07 Å². The van der Waals surface area contributed by atoms with E-state index in [1.807, 2.05) is 24.1 Å². The fraction of sp³-hybridized carbons (Fsp3) is 0.400. The molecule has 0 aromatic heterocycles. The van der Waals surface area contributed by atoms with Crippen LogP contribution in [0.25, 0.3) is 0 Å². The summed E-state index contributed by atoms with van der Waals surface area (Å²) in [5.74, 6) is 0. The number of benzene rings is 1. The molecule has 0 atom stereocenters. The molecule has 0 aliphatic heterocycles. The molecule has 0 saturated carbocycles. The molecule has 0 aliphatic carbocycles. The van der Waals surface area contributed by atoms with E-state index in [0.717, 1.165) is 18.5 Å². The maximum Gasteiger partial charge on any atom is 0.0954 e. The molecule has 1 N–H and O–H groups in total. The third-order valence-corrected chi connectivity index (χ3v) is 2.61. The molecule has 0 fully saturated rings. The second kappa shape index (κ2) is 5.56. The molecule has 0 aliphatic rings. The van der Waals surface area contributed by atoms with Gasteiger partial charge in [0.2, 0.25) is 0 Å². The van der Waals surface area contributed by atoms with Crippen molar-refractivity contribution in [3.05, 3.63) is 33.8 Å². The molecular weight excluding hydrogens is 221 g/mol. The van der Waals surface area contributed by atoms with Crippen molar-refractivity contribution in [3.63, 3.8) is 0 Å². The maximum absolute atomic E-state index is 8.80. The van der Waals surface area contributed by atoms with Gasteiger partial charge < -0.3 is 5.11 Å². The standard InChI is InChI=1S/C10H13Cl2NO/c1-13(7-14)5-4-8-2-3-9(11)6-10(8)12/h2-3,6,14H,4-5,7H2,1H3. The van der Waals surface area contributed by atoms with Gasteiger partial charge >= 0.3 is 0 Å². The van der Waals surface area contributed by atoms with E-state index >= 15 is 0 Å². The summed E-state index contributed by atoms with van der Waals surface area (Å²) < 4.78 is 0. The molecule has 1 rings (SSSR count). The second-order valence-electron chi connectivity index (χ2n) is 3.21. The zero-order valence-corrected chi connectivity index (χ0v) is 9.52.